The second-order valence-corrected chi connectivity index (χ2v) is 4.23. The summed E-state index contributed by atoms with van der Waals surface area (Å²) in [6.07, 6.45) is 0. The Labute approximate surface area is 108 Å². The van der Waals surface area contributed by atoms with Gasteiger partial charge >= 0.3 is 0 Å². The van der Waals surface area contributed by atoms with Crippen LogP contribution in [-0.2, 0) is 4.79 Å². The molecular formula is C15H18NO2+. The van der Waals surface area contributed by atoms with Crippen molar-refractivity contribution >= 4 is 17.8 Å². The SMILES string of the molecule is C[N+](C)(c1ccccc1)c1ccccc1.O=CO. The van der Waals surface area contributed by atoms with Crippen LogP contribution in [0.4, 0.5) is 11.4 Å². The van der Waals surface area contributed by atoms with E-state index in [-0.39, 0.29) is 6.47 Å². The molecule has 2 aromatic rings. The van der Waals surface area contributed by atoms with Crippen LogP contribution in [0, 0.1) is 0 Å². The number of hydrogen-bond acceptors (Lipinski definition) is 1. The van der Waals surface area contributed by atoms with Gasteiger partial charge in [0.25, 0.3) is 6.47 Å². The number of rotatable bonds is 2. The highest BCUT2D eigenvalue weighted by molar-refractivity contribution is 5.56. The van der Waals surface area contributed by atoms with Gasteiger partial charge < -0.3 is 5.11 Å². The minimum Gasteiger partial charge on any atom is -0.483 e. The summed E-state index contributed by atoms with van der Waals surface area (Å²) in [6.45, 7) is -0.250. The van der Waals surface area contributed by atoms with Gasteiger partial charge in [-0.05, 0) is 24.3 Å². The van der Waals surface area contributed by atoms with Gasteiger partial charge in [0.2, 0.25) is 0 Å². The summed E-state index contributed by atoms with van der Waals surface area (Å²) in [6, 6.07) is 21.1. The molecule has 2 rings (SSSR count). The Hall–Kier alpha value is -2.13. The summed E-state index contributed by atoms with van der Waals surface area (Å²) in [5.74, 6) is 0. The molecule has 0 bridgehead atoms. The maximum absolute atomic E-state index is 8.36. The molecule has 0 heterocycles. The van der Waals surface area contributed by atoms with Crippen molar-refractivity contribution in [3.8, 4) is 0 Å². The molecule has 0 aliphatic carbocycles. The fraction of sp³-hybridized carbons (Fsp3) is 0.133. The Kier molecular flexibility index (Phi) is 5.08. The highest BCUT2D eigenvalue weighted by Gasteiger charge is 2.20. The van der Waals surface area contributed by atoms with E-state index < -0.39 is 0 Å². The Morgan fingerprint density at radius 1 is 0.833 bits per heavy atom. The quantitative estimate of drug-likeness (QED) is 0.650. The van der Waals surface area contributed by atoms with E-state index >= 15 is 0 Å². The third kappa shape index (κ3) is 3.43. The summed E-state index contributed by atoms with van der Waals surface area (Å²) in [5.41, 5.74) is 2.59. The number of carbonyl (C=O) groups is 1. The molecular weight excluding hydrogens is 226 g/mol. The topological polar surface area (TPSA) is 37.3 Å². The van der Waals surface area contributed by atoms with Crippen molar-refractivity contribution < 1.29 is 9.90 Å². The minimum atomic E-state index is -0.250. The van der Waals surface area contributed by atoms with Crippen molar-refractivity contribution in [2.45, 2.75) is 0 Å². The van der Waals surface area contributed by atoms with Gasteiger partial charge in [0, 0.05) is 0 Å². The summed E-state index contributed by atoms with van der Waals surface area (Å²) in [5, 5.41) is 6.89. The Morgan fingerprint density at radius 3 is 1.39 bits per heavy atom. The van der Waals surface area contributed by atoms with Crippen LogP contribution in [0.5, 0.6) is 0 Å². The summed E-state index contributed by atoms with van der Waals surface area (Å²) >= 11 is 0. The van der Waals surface area contributed by atoms with Crippen molar-refractivity contribution in [1.29, 1.82) is 0 Å². The van der Waals surface area contributed by atoms with E-state index in [4.69, 9.17) is 9.90 Å². The van der Waals surface area contributed by atoms with Gasteiger partial charge in [0.1, 0.15) is 11.4 Å². The predicted octanol–water partition coefficient (Wildman–Crippen LogP) is 3.29. The van der Waals surface area contributed by atoms with Crippen LogP contribution < -0.4 is 4.48 Å². The molecule has 0 aliphatic heterocycles. The van der Waals surface area contributed by atoms with Crippen LogP contribution in [0.15, 0.2) is 60.7 Å². The zero-order valence-electron chi connectivity index (χ0n) is 10.7. The van der Waals surface area contributed by atoms with Crippen LogP contribution in [0.2, 0.25) is 0 Å². The molecule has 0 unspecified atom stereocenters. The monoisotopic (exact) mass is 244 g/mol. The summed E-state index contributed by atoms with van der Waals surface area (Å²) < 4.78 is 0.779. The van der Waals surface area contributed by atoms with E-state index in [1.54, 1.807) is 0 Å². The number of quaternary nitrogens is 1. The highest BCUT2D eigenvalue weighted by Crippen LogP contribution is 2.29. The van der Waals surface area contributed by atoms with E-state index in [0.29, 0.717) is 0 Å². The fourth-order valence-electron chi connectivity index (χ4n) is 1.75. The van der Waals surface area contributed by atoms with Crippen molar-refractivity contribution in [1.82, 2.24) is 4.48 Å². The van der Waals surface area contributed by atoms with E-state index in [2.05, 4.69) is 74.8 Å². The Morgan fingerprint density at radius 2 is 1.11 bits per heavy atom. The second-order valence-electron chi connectivity index (χ2n) is 4.23. The van der Waals surface area contributed by atoms with Crippen LogP contribution in [0.3, 0.4) is 0 Å². The molecule has 3 heteroatoms. The molecule has 0 amide bonds. The van der Waals surface area contributed by atoms with Crippen molar-refractivity contribution in [3.05, 3.63) is 60.7 Å². The van der Waals surface area contributed by atoms with Gasteiger partial charge in [-0.2, -0.15) is 0 Å². The molecule has 0 atom stereocenters. The number of benzene rings is 2. The lowest BCUT2D eigenvalue weighted by Crippen LogP contribution is -2.33. The lowest BCUT2D eigenvalue weighted by Gasteiger charge is -2.28. The van der Waals surface area contributed by atoms with Gasteiger partial charge in [-0.15, -0.1) is 0 Å². The van der Waals surface area contributed by atoms with E-state index in [1.165, 1.54) is 11.4 Å². The zero-order valence-corrected chi connectivity index (χ0v) is 10.7. The molecule has 0 radical (unpaired) electrons. The Bertz CT molecular complexity index is 425. The molecule has 0 aliphatic rings. The molecule has 0 saturated heterocycles. The normalized spacial score (nSPS) is 10.1. The van der Waals surface area contributed by atoms with Gasteiger partial charge in [-0.3, -0.25) is 9.28 Å². The maximum atomic E-state index is 8.36. The number of nitrogens with zero attached hydrogens (tertiary/aromatic N) is 1. The molecule has 2 aromatic carbocycles. The first kappa shape index (κ1) is 13.9. The van der Waals surface area contributed by atoms with E-state index in [1.807, 2.05) is 0 Å². The summed E-state index contributed by atoms with van der Waals surface area (Å²) in [7, 11) is 4.40. The standard InChI is InChI=1S/C14H16N.CH2O2/c1-15(2,13-9-5-3-6-10-13)14-11-7-4-8-12-14;2-1-3/h3-12H,1-2H3;1H,(H,2,3)/q+1;. The molecule has 0 spiro atoms. The van der Waals surface area contributed by atoms with Gasteiger partial charge in [0.05, 0.1) is 14.1 Å². The second kappa shape index (κ2) is 6.57. The lowest BCUT2D eigenvalue weighted by atomic mass is 10.2. The van der Waals surface area contributed by atoms with Crippen LogP contribution >= 0.6 is 0 Å². The number of hydrogen-bond donors (Lipinski definition) is 1. The molecule has 18 heavy (non-hydrogen) atoms. The van der Waals surface area contributed by atoms with Crippen LogP contribution in [0.1, 0.15) is 0 Å². The molecule has 3 nitrogen and oxygen atoms in total. The maximum Gasteiger partial charge on any atom is 0.290 e. The third-order valence-corrected chi connectivity index (χ3v) is 2.80. The van der Waals surface area contributed by atoms with Gasteiger partial charge in [0.15, 0.2) is 0 Å². The molecule has 0 aromatic heterocycles. The molecule has 0 fully saturated rings. The van der Waals surface area contributed by atoms with Crippen molar-refractivity contribution in [2.24, 2.45) is 0 Å². The molecule has 1 N–H and O–H groups in total. The van der Waals surface area contributed by atoms with E-state index in [0.717, 1.165) is 4.48 Å². The average molecular weight is 244 g/mol. The average Bonchev–Trinajstić information content (AvgIpc) is 2.42. The lowest BCUT2D eigenvalue weighted by molar-refractivity contribution is -0.122. The molecule has 94 valence electrons. The zero-order chi connectivity index (χ0) is 13.4. The minimum absolute atomic E-state index is 0.250. The first-order valence-electron chi connectivity index (χ1n) is 5.66. The predicted molar refractivity (Wildman–Crippen MR) is 74.9 cm³/mol. The first-order valence-corrected chi connectivity index (χ1v) is 5.66. The number of carboxylic acid groups (broad SMARTS) is 1. The smallest absolute Gasteiger partial charge is 0.290 e. The fourth-order valence-corrected chi connectivity index (χ4v) is 1.75. The van der Waals surface area contributed by atoms with Gasteiger partial charge in [-0.1, -0.05) is 36.4 Å². The molecule has 0 saturated carbocycles. The largest absolute Gasteiger partial charge is 0.483 e. The van der Waals surface area contributed by atoms with E-state index in [9.17, 15) is 0 Å². The highest BCUT2D eigenvalue weighted by atomic mass is 16.3. The number of para-hydroxylation sites is 2. The van der Waals surface area contributed by atoms with Crippen molar-refractivity contribution in [3.63, 3.8) is 0 Å². The summed E-state index contributed by atoms with van der Waals surface area (Å²) in [4.78, 5) is 8.36. The van der Waals surface area contributed by atoms with Gasteiger partial charge in [-0.25, -0.2) is 0 Å². The van der Waals surface area contributed by atoms with Crippen LogP contribution in [-0.4, -0.2) is 25.7 Å². The van der Waals surface area contributed by atoms with Crippen molar-refractivity contribution in [2.75, 3.05) is 14.1 Å². The first-order chi connectivity index (χ1) is 8.62. The third-order valence-electron chi connectivity index (χ3n) is 2.80. The van der Waals surface area contributed by atoms with Crippen LogP contribution in [0.25, 0.3) is 0 Å². The Balaban J connectivity index is 0.000000492.